The van der Waals surface area contributed by atoms with Gasteiger partial charge in [-0.05, 0) is 57.4 Å². The van der Waals surface area contributed by atoms with Crippen molar-refractivity contribution >= 4 is 33.9 Å². The van der Waals surface area contributed by atoms with E-state index in [1.807, 2.05) is 0 Å². The normalized spacial score (nSPS) is 10.5. The molecule has 2 amide bonds. The molecule has 0 radical (unpaired) electrons. The predicted octanol–water partition coefficient (Wildman–Crippen LogP) is 2.94. The zero-order valence-electron chi connectivity index (χ0n) is 12.3. The second kappa shape index (κ2) is 8.06. The first-order chi connectivity index (χ1) is 11.5. The second-order valence-corrected chi connectivity index (χ2v) is 5.49. The third kappa shape index (κ3) is 5.06. The molecule has 0 atom stereocenters. The summed E-state index contributed by atoms with van der Waals surface area (Å²) >= 11 is 3.38. The van der Waals surface area contributed by atoms with Crippen LogP contribution in [0.3, 0.4) is 0 Å². The van der Waals surface area contributed by atoms with Crippen LogP contribution in [0.15, 0.2) is 52.0 Å². The summed E-state index contributed by atoms with van der Waals surface area (Å²) in [5, 5.41) is 14.3. The van der Waals surface area contributed by atoms with Gasteiger partial charge in [0, 0.05) is 12.1 Å². The molecule has 0 saturated carbocycles. The molecule has 0 aromatic heterocycles. The zero-order valence-corrected chi connectivity index (χ0v) is 13.9. The van der Waals surface area contributed by atoms with Crippen LogP contribution >= 0.6 is 15.9 Å². The SMILES string of the molecule is NC(=O)N/N=C\c1ccc(OCc2ccc([N+](=O)[O-])cc2)c(Br)c1. The Hall–Kier alpha value is -2.94. The molecule has 9 heteroatoms. The minimum Gasteiger partial charge on any atom is -0.488 e. The summed E-state index contributed by atoms with van der Waals surface area (Å²) in [5.41, 5.74) is 8.58. The van der Waals surface area contributed by atoms with Gasteiger partial charge in [-0.2, -0.15) is 5.10 Å². The lowest BCUT2D eigenvalue weighted by Gasteiger charge is -2.09. The molecule has 0 bridgehead atoms. The monoisotopic (exact) mass is 392 g/mol. The van der Waals surface area contributed by atoms with E-state index in [1.54, 1.807) is 30.3 Å². The van der Waals surface area contributed by atoms with E-state index < -0.39 is 11.0 Å². The Morgan fingerprint density at radius 1 is 1.33 bits per heavy atom. The number of nitrogens with one attached hydrogen (secondary N) is 1. The minimum atomic E-state index is -0.742. The number of rotatable bonds is 6. The number of nitro benzene ring substituents is 1. The van der Waals surface area contributed by atoms with Gasteiger partial charge in [0.15, 0.2) is 0 Å². The Morgan fingerprint density at radius 2 is 2.04 bits per heavy atom. The number of non-ortho nitro benzene ring substituents is 1. The van der Waals surface area contributed by atoms with E-state index in [1.165, 1.54) is 18.3 Å². The molecule has 24 heavy (non-hydrogen) atoms. The number of primary amides is 1. The fraction of sp³-hybridized carbons (Fsp3) is 0.0667. The lowest BCUT2D eigenvalue weighted by molar-refractivity contribution is -0.384. The number of nitro groups is 1. The highest BCUT2D eigenvalue weighted by Crippen LogP contribution is 2.26. The molecule has 0 spiro atoms. The topological polar surface area (TPSA) is 120 Å². The van der Waals surface area contributed by atoms with Crippen molar-refractivity contribution in [2.45, 2.75) is 6.61 Å². The molecule has 2 rings (SSSR count). The van der Waals surface area contributed by atoms with Crippen LogP contribution in [0.2, 0.25) is 0 Å². The third-order valence-electron chi connectivity index (χ3n) is 2.89. The summed E-state index contributed by atoms with van der Waals surface area (Å²) in [6, 6.07) is 10.7. The number of hydrogen-bond acceptors (Lipinski definition) is 5. The zero-order chi connectivity index (χ0) is 17.5. The highest BCUT2D eigenvalue weighted by molar-refractivity contribution is 9.10. The van der Waals surface area contributed by atoms with Crippen molar-refractivity contribution in [2.75, 3.05) is 0 Å². The summed E-state index contributed by atoms with van der Waals surface area (Å²) < 4.78 is 6.37. The van der Waals surface area contributed by atoms with E-state index in [-0.39, 0.29) is 12.3 Å². The Kier molecular flexibility index (Phi) is 5.85. The maximum absolute atomic E-state index is 10.6. The minimum absolute atomic E-state index is 0.0353. The van der Waals surface area contributed by atoms with E-state index in [0.717, 1.165) is 11.1 Å². The maximum Gasteiger partial charge on any atom is 0.332 e. The molecule has 0 heterocycles. The van der Waals surface area contributed by atoms with E-state index in [4.69, 9.17) is 10.5 Å². The number of ether oxygens (including phenoxy) is 1. The number of hydrogen-bond donors (Lipinski definition) is 2. The summed E-state index contributed by atoms with van der Waals surface area (Å²) in [6.07, 6.45) is 1.44. The van der Waals surface area contributed by atoms with Crippen LogP contribution in [0.25, 0.3) is 0 Å². The van der Waals surface area contributed by atoms with Crippen molar-refractivity contribution in [1.29, 1.82) is 0 Å². The molecule has 124 valence electrons. The molecule has 3 N–H and O–H groups in total. The van der Waals surface area contributed by atoms with Crippen molar-refractivity contribution in [3.8, 4) is 5.75 Å². The molecule has 0 aliphatic rings. The number of benzene rings is 2. The first-order valence-electron chi connectivity index (χ1n) is 6.70. The van der Waals surface area contributed by atoms with Gasteiger partial charge in [-0.1, -0.05) is 0 Å². The Labute approximate surface area is 145 Å². The van der Waals surface area contributed by atoms with E-state index >= 15 is 0 Å². The van der Waals surface area contributed by atoms with Crippen molar-refractivity contribution < 1.29 is 14.5 Å². The summed E-state index contributed by atoms with van der Waals surface area (Å²) in [7, 11) is 0. The number of halogens is 1. The molecule has 0 aliphatic heterocycles. The number of carbonyl (C=O) groups is 1. The number of hydrazone groups is 1. The van der Waals surface area contributed by atoms with Gasteiger partial charge < -0.3 is 10.5 Å². The number of carbonyl (C=O) groups excluding carboxylic acids is 1. The standard InChI is InChI=1S/C15H13BrN4O4/c16-13-7-11(8-18-19-15(17)21)3-6-14(13)24-9-10-1-4-12(5-2-10)20(22)23/h1-8H,9H2,(H3,17,19,21)/b18-8-. The lowest BCUT2D eigenvalue weighted by Crippen LogP contribution is -2.24. The Morgan fingerprint density at radius 3 is 2.62 bits per heavy atom. The van der Waals surface area contributed by atoms with Crippen LogP contribution < -0.4 is 15.9 Å². The Balaban J connectivity index is 1.98. The number of amides is 2. The van der Waals surface area contributed by atoms with Gasteiger partial charge in [0.25, 0.3) is 5.69 Å². The molecule has 8 nitrogen and oxygen atoms in total. The number of nitrogens with two attached hydrogens (primary N) is 1. The fourth-order valence-electron chi connectivity index (χ4n) is 1.76. The number of urea groups is 1. The van der Waals surface area contributed by atoms with Crippen LogP contribution in [-0.4, -0.2) is 17.2 Å². The van der Waals surface area contributed by atoms with Crippen molar-refractivity contribution in [2.24, 2.45) is 10.8 Å². The highest BCUT2D eigenvalue weighted by Gasteiger charge is 2.06. The van der Waals surface area contributed by atoms with Crippen LogP contribution in [0, 0.1) is 10.1 Å². The van der Waals surface area contributed by atoms with E-state index in [0.29, 0.717) is 10.2 Å². The van der Waals surface area contributed by atoms with Gasteiger partial charge in [-0.25, -0.2) is 10.2 Å². The van der Waals surface area contributed by atoms with Gasteiger partial charge in [0.05, 0.1) is 15.6 Å². The van der Waals surface area contributed by atoms with Crippen LogP contribution in [0.5, 0.6) is 5.75 Å². The molecule has 0 fully saturated rings. The second-order valence-electron chi connectivity index (χ2n) is 4.64. The van der Waals surface area contributed by atoms with Crippen molar-refractivity contribution in [3.05, 3.63) is 68.2 Å². The molecule has 0 saturated heterocycles. The van der Waals surface area contributed by atoms with Gasteiger partial charge >= 0.3 is 6.03 Å². The first-order valence-corrected chi connectivity index (χ1v) is 7.49. The lowest BCUT2D eigenvalue weighted by atomic mass is 10.2. The summed E-state index contributed by atoms with van der Waals surface area (Å²) in [5.74, 6) is 0.605. The van der Waals surface area contributed by atoms with E-state index in [9.17, 15) is 14.9 Å². The van der Waals surface area contributed by atoms with Gasteiger partial charge in [-0.3, -0.25) is 10.1 Å². The maximum atomic E-state index is 10.6. The smallest absolute Gasteiger partial charge is 0.332 e. The molecule has 0 unspecified atom stereocenters. The predicted molar refractivity (Wildman–Crippen MR) is 91.9 cm³/mol. The quantitative estimate of drug-likeness (QED) is 0.445. The van der Waals surface area contributed by atoms with Gasteiger partial charge in [0.2, 0.25) is 0 Å². The summed E-state index contributed by atoms with van der Waals surface area (Å²) in [4.78, 5) is 20.7. The van der Waals surface area contributed by atoms with Crippen molar-refractivity contribution in [1.82, 2.24) is 5.43 Å². The largest absolute Gasteiger partial charge is 0.488 e. The number of nitrogens with zero attached hydrogens (tertiary/aromatic N) is 2. The third-order valence-corrected chi connectivity index (χ3v) is 3.51. The molecule has 2 aromatic rings. The summed E-state index contributed by atoms with van der Waals surface area (Å²) in [6.45, 7) is 0.271. The van der Waals surface area contributed by atoms with Gasteiger partial charge in [0.1, 0.15) is 12.4 Å². The molecular formula is C15H13BrN4O4. The van der Waals surface area contributed by atoms with Crippen LogP contribution in [0.4, 0.5) is 10.5 Å². The first kappa shape index (κ1) is 17.4. The molecular weight excluding hydrogens is 380 g/mol. The molecule has 0 aliphatic carbocycles. The van der Waals surface area contributed by atoms with Crippen LogP contribution in [0.1, 0.15) is 11.1 Å². The van der Waals surface area contributed by atoms with Crippen molar-refractivity contribution in [3.63, 3.8) is 0 Å². The van der Waals surface area contributed by atoms with Gasteiger partial charge in [-0.15, -0.1) is 0 Å². The highest BCUT2D eigenvalue weighted by atomic mass is 79.9. The molecule has 2 aromatic carbocycles. The van der Waals surface area contributed by atoms with Crippen LogP contribution in [-0.2, 0) is 6.61 Å². The fourth-order valence-corrected chi connectivity index (χ4v) is 2.27. The van der Waals surface area contributed by atoms with E-state index in [2.05, 4.69) is 26.5 Å². The Bertz CT molecular complexity index is 778. The average molecular weight is 393 g/mol. The average Bonchev–Trinajstić information content (AvgIpc) is 2.54.